The van der Waals surface area contributed by atoms with Gasteiger partial charge in [-0.2, -0.15) is 0 Å². The van der Waals surface area contributed by atoms with Crippen LogP contribution in [-0.4, -0.2) is 12.1 Å². The summed E-state index contributed by atoms with van der Waals surface area (Å²) in [5.74, 6) is 0.799. The normalized spacial score (nSPS) is 10.7. The second-order valence-electron chi connectivity index (χ2n) is 3.28. The Hall–Kier alpha value is -0.990. The highest BCUT2D eigenvalue weighted by molar-refractivity contribution is 6.41. The Bertz CT molecular complexity index is 525. The number of rotatable bonds is 1. The fraction of sp³-hybridized carbons (Fsp3) is 0.182. The minimum atomic E-state index is 0.315. The van der Waals surface area contributed by atoms with E-state index in [9.17, 15) is 0 Å². The van der Waals surface area contributed by atoms with Crippen LogP contribution in [-0.2, 0) is 0 Å². The molecule has 78 valence electrons. The average molecular weight is 242 g/mol. The second kappa shape index (κ2) is 3.87. The molecule has 0 saturated carbocycles. The molecule has 1 heterocycles. The molecule has 2 nitrogen and oxygen atoms in total. The molecule has 0 aliphatic rings. The maximum absolute atomic E-state index is 5.89. The van der Waals surface area contributed by atoms with Crippen LogP contribution in [0.2, 0.25) is 10.2 Å². The van der Waals surface area contributed by atoms with Gasteiger partial charge in [-0.1, -0.05) is 23.2 Å². The van der Waals surface area contributed by atoms with Crippen LogP contribution in [0.3, 0.4) is 0 Å². The molecule has 1 aromatic heterocycles. The Morgan fingerprint density at radius 3 is 2.60 bits per heavy atom. The minimum absolute atomic E-state index is 0.315. The number of halogens is 2. The van der Waals surface area contributed by atoms with Crippen LogP contribution in [0.5, 0.6) is 5.75 Å². The van der Waals surface area contributed by atoms with E-state index in [1.165, 1.54) is 0 Å². The Balaban J connectivity index is 2.76. The summed E-state index contributed by atoms with van der Waals surface area (Å²) in [4.78, 5) is 4.18. The van der Waals surface area contributed by atoms with Crippen LogP contribution >= 0.6 is 23.2 Å². The third-order valence-corrected chi connectivity index (χ3v) is 2.92. The van der Waals surface area contributed by atoms with Crippen LogP contribution in [0.15, 0.2) is 18.2 Å². The molecule has 2 rings (SSSR count). The van der Waals surface area contributed by atoms with E-state index in [0.29, 0.717) is 10.2 Å². The predicted octanol–water partition coefficient (Wildman–Crippen LogP) is 3.86. The molecule has 0 radical (unpaired) electrons. The van der Waals surface area contributed by atoms with E-state index in [-0.39, 0.29) is 0 Å². The Morgan fingerprint density at radius 2 is 1.93 bits per heavy atom. The number of nitrogens with zero attached hydrogens (tertiary/aromatic N) is 1. The zero-order chi connectivity index (χ0) is 11.0. The summed E-state index contributed by atoms with van der Waals surface area (Å²) < 4.78 is 5.21. The standard InChI is InChI=1S/C11H9Cl2NO/c1-6-3-7-4-8(12)11(13)14-9(7)5-10(6)15-2/h3-5H,1-2H3. The van der Waals surface area contributed by atoms with Crippen molar-refractivity contribution in [2.75, 3.05) is 7.11 Å². The number of pyridine rings is 1. The highest BCUT2D eigenvalue weighted by atomic mass is 35.5. The molecule has 0 bridgehead atoms. The molecule has 15 heavy (non-hydrogen) atoms. The monoisotopic (exact) mass is 241 g/mol. The number of methoxy groups -OCH3 is 1. The van der Waals surface area contributed by atoms with Crippen molar-refractivity contribution in [3.8, 4) is 5.75 Å². The lowest BCUT2D eigenvalue weighted by Crippen LogP contribution is -1.89. The number of fused-ring (bicyclic) bond motifs is 1. The smallest absolute Gasteiger partial charge is 0.148 e. The lowest BCUT2D eigenvalue weighted by atomic mass is 10.1. The summed E-state index contributed by atoms with van der Waals surface area (Å²) in [6.45, 7) is 1.97. The predicted molar refractivity (Wildman–Crippen MR) is 63.1 cm³/mol. The lowest BCUT2D eigenvalue weighted by molar-refractivity contribution is 0.412. The zero-order valence-electron chi connectivity index (χ0n) is 8.34. The molecule has 0 atom stereocenters. The first-order valence-electron chi connectivity index (χ1n) is 4.42. The fourth-order valence-electron chi connectivity index (χ4n) is 1.49. The number of benzene rings is 1. The van der Waals surface area contributed by atoms with Crippen LogP contribution in [0.4, 0.5) is 0 Å². The van der Waals surface area contributed by atoms with E-state index in [1.807, 2.05) is 19.1 Å². The van der Waals surface area contributed by atoms with E-state index >= 15 is 0 Å². The number of hydrogen-bond acceptors (Lipinski definition) is 2. The van der Waals surface area contributed by atoms with Crippen LogP contribution < -0.4 is 4.74 Å². The van der Waals surface area contributed by atoms with Gasteiger partial charge in [0.25, 0.3) is 0 Å². The summed E-state index contributed by atoms with van der Waals surface area (Å²) >= 11 is 11.7. The van der Waals surface area contributed by atoms with Crippen molar-refractivity contribution in [3.05, 3.63) is 33.9 Å². The molecule has 0 amide bonds. The van der Waals surface area contributed by atoms with Crippen LogP contribution in [0, 0.1) is 6.92 Å². The first-order valence-corrected chi connectivity index (χ1v) is 5.18. The van der Waals surface area contributed by atoms with Gasteiger partial charge in [0.1, 0.15) is 10.9 Å². The van der Waals surface area contributed by atoms with Gasteiger partial charge in [-0.05, 0) is 24.6 Å². The van der Waals surface area contributed by atoms with Crippen molar-refractivity contribution in [2.45, 2.75) is 6.92 Å². The molecule has 0 fully saturated rings. The number of aromatic nitrogens is 1. The quantitative estimate of drug-likeness (QED) is 0.708. The van der Waals surface area contributed by atoms with Crippen molar-refractivity contribution in [1.82, 2.24) is 4.98 Å². The van der Waals surface area contributed by atoms with E-state index in [1.54, 1.807) is 13.2 Å². The molecule has 0 aliphatic carbocycles. The molecule has 0 unspecified atom stereocenters. The zero-order valence-corrected chi connectivity index (χ0v) is 9.86. The van der Waals surface area contributed by atoms with Crippen LogP contribution in [0.1, 0.15) is 5.56 Å². The molecule has 0 spiro atoms. The summed E-state index contributed by atoms with van der Waals surface area (Å²) in [5, 5.41) is 1.74. The molecule has 0 saturated heterocycles. The van der Waals surface area contributed by atoms with E-state index in [0.717, 1.165) is 22.2 Å². The number of ether oxygens (including phenoxy) is 1. The summed E-state index contributed by atoms with van der Waals surface area (Å²) in [6, 6.07) is 5.63. The maximum Gasteiger partial charge on any atom is 0.148 e. The van der Waals surface area contributed by atoms with Gasteiger partial charge in [0, 0.05) is 11.5 Å². The number of aryl methyl sites for hydroxylation is 1. The minimum Gasteiger partial charge on any atom is -0.496 e. The topological polar surface area (TPSA) is 22.1 Å². The molecular formula is C11H9Cl2NO. The van der Waals surface area contributed by atoms with Gasteiger partial charge in [0.2, 0.25) is 0 Å². The van der Waals surface area contributed by atoms with Crippen LogP contribution in [0.25, 0.3) is 10.9 Å². The lowest BCUT2D eigenvalue weighted by Gasteiger charge is -2.07. The molecule has 1 aromatic carbocycles. The molecule has 2 aromatic rings. The highest BCUT2D eigenvalue weighted by Gasteiger charge is 2.06. The Morgan fingerprint density at radius 1 is 1.20 bits per heavy atom. The first kappa shape index (κ1) is 10.5. The van der Waals surface area contributed by atoms with Crippen molar-refractivity contribution < 1.29 is 4.74 Å². The summed E-state index contributed by atoms with van der Waals surface area (Å²) in [5.41, 5.74) is 1.83. The Kier molecular flexibility index (Phi) is 2.72. The van der Waals surface area contributed by atoms with Gasteiger partial charge in [0.15, 0.2) is 0 Å². The largest absolute Gasteiger partial charge is 0.496 e. The third-order valence-electron chi connectivity index (χ3n) is 2.24. The molecule has 0 aliphatic heterocycles. The second-order valence-corrected chi connectivity index (χ2v) is 4.04. The van der Waals surface area contributed by atoms with Crippen molar-refractivity contribution in [1.29, 1.82) is 0 Å². The van der Waals surface area contributed by atoms with Gasteiger partial charge >= 0.3 is 0 Å². The van der Waals surface area contributed by atoms with E-state index < -0.39 is 0 Å². The van der Waals surface area contributed by atoms with Gasteiger partial charge < -0.3 is 4.74 Å². The highest BCUT2D eigenvalue weighted by Crippen LogP contribution is 2.29. The van der Waals surface area contributed by atoms with Gasteiger partial charge in [-0.3, -0.25) is 0 Å². The number of hydrogen-bond donors (Lipinski definition) is 0. The summed E-state index contributed by atoms with van der Waals surface area (Å²) in [7, 11) is 1.63. The van der Waals surface area contributed by atoms with Crippen molar-refractivity contribution in [3.63, 3.8) is 0 Å². The first-order chi connectivity index (χ1) is 7.11. The van der Waals surface area contributed by atoms with Crippen molar-refractivity contribution >= 4 is 34.1 Å². The van der Waals surface area contributed by atoms with E-state index in [4.69, 9.17) is 27.9 Å². The average Bonchev–Trinajstić information content (AvgIpc) is 2.20. The Labute approximate surface area is 97.8 Å². The molecule has 4 heteroatoms. The molecule has 0 N–H and O–H groups in total. The SMILES string of the molecule is COc1cc2nc(Cl)c(Cl)cc2cc1C. The third kappa shape index (κ3) is 1.87. The fourth-order valence-corrected chi connectivity index (χ4v) is 1.79. The summed E-state index contributed by atoms with van der Waals surface area (Å²) in [6.07, 6.45) is 0. The maximum atomic E-state index is 5.89. The van der Waals surface area contributed by atoms with Crippen molar-refractivity contribution in [2.24, 2.45) is 0 Å². The van der Waals surface area contributed by atoms with Gasteiger partial charge in [0.05, 0.1) is 17.6 Å². The van der Waals surface area contributed by atoms with Gasteiger partial charge in [-0.15, -0.1) is 0 Å². The van der Waals surface area contributed by atoms with E-state index in [2.05, 4.69) is 4.98 Å². The van der Waals surface area contributed by atoms with Gasteiger partial charge in [-0.25, -0.2) is 4.98 Å². The molecular weight excluding hydrogens is 233 g/mol.